The van der Waals surface area contributed by atoms with Crippen molar-refractivity contribution in [3.8, 4) is 0 Å². The zero-order chi connectivity index (χ0) is 13.5. The molecule has 0 bridgehead atoms. The van der Waals surface area contributed by atoms with Crippen LogP contribution >= 0.6 is 0 Å². The molecule has 0 aliphatic carbocycles. The van der Waals surface area contributed by atoms with Gasteiger partial charge >= 0.3 is 0 Å². The Bertz CT molecular complexity index is 469. The van der Waals surface area contributed by atoms with Gasteiger partial charge in [-0.1, -0.05) is 60.7 Å². The van der Waals surface area contributed by atoms with Gasteiger partial charge in [-0.05, 0) is 24.5 Å². The van der Waals surface area contributed by atoms with E-state index < -0.39 is 0 Å². The summed E-state index contributed by atoms with van der Waals surface area (Å²) in [7, 11) is 0. The van der Waals surface area contributed by atoms with Gasteiger partial charge in [0.2, 0.25) is 0 Å². The number of benzene rings is 2. The van der Waals surface area contributed by atoms with Crippen molar-refractivity contribution in [3.63, 3.8) is 0 Å². The molecular formula is C17H21NO. The summed E-state index contributed by atoms with van der Waals surface area (Å²) in [5, 5.41) is 0. The average Bonchev–Trinajstić information content (AvgIpc) is 2.48. The first-order chi connectivity index (χ1) is 9.27. The van der Waals surface area contributed by atoms with E-state index in [1.54, 1.807) is 0 Å². The molecule has 2 rings (SSSR count). The van der Waals surface area contributed by atoms with Gasteiger partial charge in [0.15, 0.2) is 0 Å². The number of hydrogen-bond donors (Lipinski definition) is 1. The van der Waals surface area contributed by atoms with E-state index in [2.05, 4.69) is 24.3 Å². The summed E-state index contributed by atoms with van der Waals surface area (Å²) in [6.45, 7) is 2.73. The van der Waals surface area contributed by atoms with Crippen LogP contribution in [0.15, 0.2) is 60.7 Å². The van der Waals surface area contributed by atoms with Gasteiger partial charge < -0.3 is 10.5 Å². The first-order valence-electron chi connectivity index (χ1n) is 6.73. The molecule has 0 heterocycles. The minimum Gasteiger partial charge on any atom is -0.376 e. The molecular weight excluding hydrogens is 234 g/mol. The molecule has 0 saturated heterocycles. The average molecular weight is 255 g/mol. The molecule has 2 atom stereocenters. The SMILES string of the molecule is CC(OCCc1ccccc1)C(N)c1ccccc1. The third kappa shape index (κ3) is 4.19. The van der Waals surface area contributed by atoms with Gasteiger partial charge in [0.25, 0.3) is 0 Å². The van der Waals surface area contributed by atoms with E-state index in [9.17, 15) is 0 Å². The topological polar surface area (TPSA) is 35.2 Å². The van der Waals surface area contributed by atoms with Crippen LogP contribution in [0, 0.1) is 0 Å². The van der Waals surface area contributed by atoms with Gasteiger partial charge in [-0.2, -0.15) is 0 Å². The highest BCUT2D eigenvalue weighted by Crippen LogP contribution is 2.16. The Morgan fingerprint density at radius 1 is 0.947 bits per heavy atom. The highest BCUT2D eigenvalue weighted by Gasteiger charge is 2.14. The molecule has 2 nitrogen and oxygen atoms in total. The summed E-state index contributed by atoms with van der Waals surface area (Å²) >= 11 is 0. The molecule has 0 aliphatic heterocycles. The number of nitrogens with two attached hydrogens (primary N) is 1. The highest BCUT2D eigenvalue weighted by molar-refractivity contribution is 5.19. The van der Waals surface area contributed by atoms with E-state index in [1.165, 1.54) is 5.56 Å². The van der Waals surface area contributed by atoms with Crippen molar-refractivity contribution in [1.29, 1.82) is 0 Å². The van der Waals surface area contributed by atoms with E-state index in [0.29, 0.717) is 6.61 Å². The lowest BCUT2D eigenvalue weighted by atomic mass is 10.0. The fourth-order valence-electron chi connectivity index (χ4n) is 2.06. The molecule has 100 valence electrons. The Kier molecular flexibility index (Phi) is 5.13. The Balaban J connectivity index is 1.80. The van der Waals surface area contributed by atoms with E-state index in [4.69, 9.17) is 10.5 Å². The van der Waals surface area contributed by atoms with Crippen molar-refractivity contribution >= 4 is 0 Å². The van der Waals surface area contributed by atoms with Crippen LogP contribution in [0.1, 0.15) is 24.1 Å². The lowest BCUT2D eigenvalue weighted by Crippen LogP contribution is -2.27. The predicted molar refractivity (Wildman–Crippen MR) is 78.9 cm³/mol. The second-order valence-electron chi connectivity index (χ2n) is 4.75. The highest BCUT2D eigenvalue weighted by atomic mass is 16.5. The Morgan fingerprint density at radius 2 is 1.53 bits per heavy atom. The summed E-state index contributed by atoms with van der Waals surface area (Å²) in [4.78, 5) is 0. The monoisotopic (exact) mass is 255 g/mol. The third-order valence-electron chi connectivity index (χ3n) is 3.30. The molecule has 2 aromatic rings. The Labute approximate surface area is 115 Å². The third-order valence-corrected chi connectivity index (χ3v) is 3.30. The molecule has 2 unspecified atom stereocenters. The summed E-state index contributed by atoms with van der Waals surface area (Å²) in [5.74, 6) is 0. The van der Waals surface area contributed by atoms with Crippen LogP contribution in [0.3, 0.4) is 0 Å². The molecule has 0 fully saturated rings. The molecule has 0 amide bonds. The van der Waals surface area contributed by atoms with Crippen LogP contribution < -0.4 is 5.73 Å². The van der Waals surface area contributed by atoms with Crippen LogP contribution in [0.2, 0.25) is 0 Å². The minimum atomic E-state index is -0.0722. The second-order valence-corrected chi connectivity index (χ2v) is 4.75. The van der Waals surface area contributed by atoms with Gasteiger partial charge in [-0.25, -0.2) is 0 Å². The molecule has 0 radical (unpaired) electrons. The lowest BCUT2D eigenvalue weighted by Gasteiger charge is -2.21. The quantitative estimate of drug-likeness (QED) is 0.859. The molecule has 2 N–H and O–H groups in total. The number of rotatable bonds is 6. The normalized spacial score (nSPS) is 14.0. The fraction of sp³-hybridized carbons (Fsp3) is 0.294. The largest absolute Gasteiger partial charge is 0.376 e. The van der Waals surface area contributed by atoms with Crippen molar-refractivity contribution in [3.05, 3.63) is 71.8 Å². The minimum absolute atomic E-state index is 0.0195. The van der Waals surface area contributed by atoms with E-state index in [1.807, 2.05) is 43.3 Å². The maximum atomic E-state index is 6.19. The zero-order valence-electron chi connectivity index (χ0n) is 11.3. The van der Waals surface area contributed by atoms with Gasteiger partial charge in [0, 0.05) is 0 Å². The smallest absolute Gasteiger partial charge is 0.0739 e. The van der Waals surface area contributed by atoms with Crippen LogP contribution in [0.5, 0.6) is 0 Å². The van der Waals surface area contributed by atoms with Gasteiger partial charge in [0.1, 0.15) is 0 Å². The van der Waals surface area contributed by atoms with Crippen molar-refractivity contribution in [2.24, 2.45) is 5.73 Å². The molecule has 19 heavy (non-hydrogen) atoms. The Morgan fingerprint density at radius 3 is 2.16 bits per heavy atom. The van der Waals surface area contributed by atoms with Crippen molar-refractivity contribution in [2.75, 3.05) is 6.61 Å². The van der Waals surface area contributed by atoms with Crippen LogP contribution in [-0.4, -0.2) is 12.7 Å². The molecule has 0 saturated carbocycles. The van der Waals surface area contributed by atoms with Crippen molar-refractivity contribution in [1.82, 2.24) is 0 Å². The molecule has 0 aliphatic rings. The molecule has 0 aromatic heterocycles. The van der Waals surface area contributed by atoms with Crippen LogP contribution in [0.25, 0.3) is 0 Å². The summed E-state index contributed by atoms with van der Waals surface area (Å²) in [6.07, 6.45) is 0.943. The zero-order valence-corrected chi connectivity index (χ0v) is 11.3. The summed E-state index contributed by atoms with van der Waals surface area (Å²) < 4.78 is 5.84. The molecule has 2 heteroatoms. The number of hydrogen-bond acceptors (Lipinski definition) is 2. The summed E-state index contributed by atoms with van der Waals surface area (Å²) in [5.41, 5.74) is 8.61. The van der Waals surface area contributed by atoms with E-state index in [-0.39, 0.29) is 12.1 Å². The second kappa shape index (κ2) is 7.07. The fourth-order valence-corrected chi connectivity index (χ4v) is 2.06. The first-order valence-corrected chi connectivity index (χ1v) is 6.73. The summed E-state index contributed by atoms with van der Waals surface area (Å²) in [6, 6.07) is 20.4. The maximum absolute atomic E-state index is 6.19. The van der Waals surface area contributed by atoms with E-state index >= 15 is 0 Å². The first kappa shape index (κ1) is 13.8. The van der Waals surface area contributed by atoms with Crippen molar-refractivity contribution in [2.45, 2.75) is 25.5 Å². The number of ether oxygens (including phenoxy) is 1. The van der Waals surface area contributed by atoms with Gasteiger partial charge in [-0.3, -0.25) is 0 Å². The predicted octanol–water partition coefficient (Wildman–Crippen LogP) is 3.33. The Hall–Kier alpha value is -1.64. The lowest BCUT2D eigenvalue weighted by molar-refractivity contribution is 0.0501. The van der Waals surface area contributed by atoms with Crippen LogP contribution in [-0.2, 0) is 11.2 Å². The van der Waals surface area contributed by atoms with Crippen LogP contribution in [0.4, 0.5) is 0 Å². The standard InChI is InChI=1S/C17H21NO/c1-14(17(18)16-10-6-3-7-11-16)19-13-12-15-8-4-2-5-9-15/h2-11,14,17H,12-13,18H2,1H3. The maximum Gasteiger partial charge on any atom is 0.0739 e. The van der Waals surface area contributed by atoms with Gasteiger partial charge in [0.05, 0.1) is 18.8 Å². The molecule has 0 spiro atoms. The molecule has 2 aromatic carbocycles. The van der Waals surface area contributed by atoms with Crippen molar-refractivity contribution < 1.29 is 4.74 Å². The van der Waals surface area contributed by atoms with E-state index in [0.717, 1.165) is 12.0 Å². The van der Waals surface area contributed by atoms with Gasteiger partial charge in [-0.15, -0.1) is 0 Å².